The lowest BCUT2D eigenvalue weighted by Crippen LogP contribution is -2.29. The van der Waals surface area contributed by atoms with Gasteiger partial charge in [-0.2, -0.15) is 0 Å². The van der Waals surface area contributed by atoms with Gasteiger partial charge in [-0.1, -0.05) is 0 Å². The topological polar surface area (TPSA) is 49.5 Å². The standard InChI is InChI=1S/C11H14FIN2O/c12-8-5-11(10(14)6-9(8)13)15(3-4-16)7-1-2-7/h5-7,16H,1-4,14H2. The number of nitrogen functional groups attached to an aromatic ring is 1. The van der Waals surface area contributed by atoms with E-state index in [4.69, 9.17) is 10.8 Å². The van der Waals surface area contributed by atoms with Crippen LogP contribution in [-0.2, 0) is 0 Å². The van der Waals surface area contributed by atoms with Gasteiger partial charge in [0.1, 0.15) is 5.82 Å². The summed E-state index contributed by atoms with van der Waals surface area (Å²) in [4.78, 5) is 1.99. The van der Waals surface area contributed by atoms with Crippen molar-refractivity contribution in [3.05, 3.63) is 21.5 Å². The highest BCUT2D eigenvalue weighted by Crippen LogP contribution is 2.35. The van der Waals surface area contributed by atoms with Crippen LogP contribution in [-0.4, -0.2) is 24.3 Å². The third kappa shape index (κ3) is 2.40. The summed E-state index contributed by atoms with van der Waals surface area (Å²) < 4.78 is 14.0. The molecule has 2 rings (SSSR count). The van der Waals surface area contributed by atoms with Crippen molar-refractivity contribution in [3.63, 3.8) is 0 Å². The van der Waals surface area contributed by atoms with Gasteiger partial charge in [-0.15, -0.1) is 0 Å². The molecule has 0 spiro atoms. The van der Waals surface area contributed by atoms with E-state index >= 15 is 0 Å². The van der Waals surface area contributed by atoms with E-state index in [-0.39, 0.29) is 12.4 Å². The SMILES string of the molecule is Nc1cc(I)c(F)cc1N(CCO)C1CC1. The minimum atomic E-state index is -0.256. The third-order valence-electron chi connectivity index (χ3n) is 2.71. The molecule has 3 N–H and O–H groups in total. The summed E-state index contributed by atoms with van der Waals surface area (Å²) in [6.07, 6.45) is 2.18. The highest BCUT2D eigenvalue weighted by Gasteiger charge is 2.30. The van der Waals surface area contributed by atoms with Crippen LogP contribution in [0.1, 0.15) is 12.8 Å². The largest absolute Gasteiger partial charge is 0.397 e. The van der Waals surface area contributed by atoms with Crippen LogP contribution in [0.25, 0.3) is 0 Å². The fraction of sp³-hybridized carbons (Fsp3) is 0.455. The van der Waals surface area contributed by atoms with Gasteiger partial charge in [-0.25, -0.2) is 4.39 Å². The number of aliphatic hydroxyl groups is 1. The first kappa shape index (κ1) is 11.9. The minimum Gasteiger partial charge on any atom is -0.397 e. The average molecular weight is 336 g/mol. The number of anilines is 2. The van der Waals surface area contributed by atoms with Gasteiger partial charge in [0.15, 0.2) is 0 Å². The molecule has 1 aromatic rings. The molecule has 0 unspecified atom stereocenters. The van der Waals surface area contributed by atoms with E-state index in [0.717, 1.165) is 12.8 Å². The van der Waals surface area contributed by atoms with Crippen LogP contribution < -0.4 is 10.6 Å². The Bertz CT molecular complexity index is 396. The Morgan fingerprint density at radius 2 is 2.19 bits per heavy atom. The summed E-state index contributed by atoms with van der Waals surface area (Å²) in [5, 5.41) is 9.01. The fourth-order valence-corrected chi connectivity index (χ4v) is 2.29. The van der Waals surface area contributed by atoms with Crippen molar-refractivity contribution in [1.82, 2.24) is 0 Å². The average Bonchev–Trinajstić information content (AvgIpc) is 3.04. The van der Waals surface area contributed by atoms with Crippen molar-refractivity contribution in [2.75, 3.05) is 23.8 Å². The Hall–Kier alpha value is -0.560. The van der Waals surface area contributed by atoms with Gasteiger partial charge in [0.25, 0.3) is 0 Å². The summed E-state index contributed by atoms with van der Waals surface area (Å²) in [6.45, 7) is 0.568. The Kier molecular flexibility index (Phi) is 3.53. The maximum atomic E-state index is 13.5. The first-order chi connectivity index (χ1) is 7.63. The van der Waals surface area contributed by atoms with Crippen LogP contribution in [0.3, 0.4) is 0 Å². The number of hydrogen-bond donors (Lipinski definition) is 2. The number of hydrogen-bond acceptors (Lipinski definition) is 3. The van der Waals surface area contributed by atoms with Gasteiger partial charge in [0.05, 0.1) is 21.6 Å². The number of halogens is 2. The molecule has 1 fully saturated rings. The van der Waals surface area contributed by atoms with E-state index in [9.17, 15) is 4.39 Å². The van der Waals surface area contributed by atoms with E-state index in [1.807, 2.05) is 27.5 Å². The van der Waals surface area contributed by atoms with Crippen molar-refractivity contribution < 1.29 is 9.50 Å². The van der Waals surface area contributed by atoms with Crippen LogP contribution in [0.5, 0.6) is 0 Å². The number of nitrogens with zero attached hydrogens (tertiary/aromatic N) is 1. The fourth-order valence-electron chi connectivity index (χ4n) is 1.79. The van der Waals surface area contributed by atoms with Crippen molar-refractivity contribution in [3.8, 4) is 0 Å². The molecule has 1 aliphatic rings. The summed E-state index contributed by atoms with van der Waals surface area (Å²) in [5.74, 6) is -0.256. The van der Waals surface area contributed by atoms with Gasteiger partial charge in [-0.3, -0.25) is 0 Å². The van der Waals surface area contributed by atoms with Crippen LogP contribution >= 0.6 is 22.6 Å². The molecular formula is C11H14FIN2O. The summed E-state index contributed by atoms with van der Waals surface area (Å²) >= 11 is 1.92. The lowest BCUT2D eigenvalue weighted by atomic mass is 10.2. The molecule has 1 aliphatic carbocycles. The molecule has 0 aromatic heterocycles. The molecule has 1 aromatic carbocycles. The molecule has 5 heteroatoms. The molecule has 16 heavy (non-hydrogen) atoms. The Morgan fingerprint density at radius 3 is 2.75 bits per heavy atom. The first-order valence-corrected chi connectivity index (χ1v) is 6.33. The molecule has 88 valence electrons. The van der Waals surface area contributed by atoms with Gasteiger partial charge in [0, 0.05) is 18.7 Å². The highest BCUT2D eigenvalue weighted by molar-refractivity contribution is 14.1. The van der Waals surface area contributed by atoms with Gasteiger partial charge >= 0.3 is 0 Å². The molecule has 0 heterocycles. The second-order valence-corrected chi connectivity index (χ2v) is 5.14. The second kappa shape index (κ2) is 4.75. The summed E-state index contributed by atoms with van der Waals surface area (Å²) in [6, 6.07) is 3.51. The van der Waals surface area contributed by atoms with Crippen molar-refractivity contribution in [2.24, 2.45) is 0 Å². The zero-order valence-electron chi connectivity index (χ0n) is 8.79. The van der Waals surface area contributed by atoms with Gasteiger partial charge in [-0.05, 0) is 41.5 Å². The Labute approximate surface area is 108 Å². The van der Waals surface area contributed by atoms with E-state index in [0.29, 0.717) is 27.5 Å². The van der Waals surface area contributed by atoms with Crippen LogP contribution in [0.4, 0.5) is 15.8 Å². The minimum absolute atomic E-state index is 0.0591. The van der Waals surface area contributed by atoms with Crippen LogP contribution in [0.15, 0.2) is 12.1 Å². The molecular weight excluding hydrogens is 322 g/mol. The number of rotatable bonds is 4. The predicted octanol–water partition coefficient (Wildman–Crippen LogP) is 1.97. The molecule has 0 radical (unpaired) electrons. The highest BCUT2D eigenvalue weighted by atomic mass is 127. The zero-order valence-corrected chi connectivity index (χ0v) is 10.9. The predicted molar refractivity (Wildman–Crippen MR) is 71.0 cm³/mol. The van der Waals surface area contributed by atoms with Gasteiger partial charge in [0.2, 0.25) is 0 Å². The first-order valence-electron chi connectivity index (χ1n) is 5.25. The maximum absolute atomic E-state index is 13.5. The van der Waals surface area contributed by atoms with Gasteiger partial charge < -0.3 is 15.7 Å². The Morgan fingerprint density at radius 1 is 1.50 bits per heavy atom. The van der Waals surface area contributed by atoms with Crippen LogP contribution in [0.2, 0.25) is 0 Å². The molecule has 0 aliphatic heterocycles. The smallest absolute Gasteiger partial charge is 0.138 e. The van der Waals surface area contributed by atoms with Crippen molar-refractivity contribution >= 4 is 34.0 Å². The number of aliphatic hydroxyl groups excluding tert-OH is 1. The normalized spacial score (nSPS) is 15.2. The van der Waals surface area contributed by atoms with E-state index in [1.54, 1.807) is 6.07 Å². The van der Waals surface area contributed by atoms with E-state index in [1.165, 1.54) is 6.07 Å². The zero-order chi connectivity index (χ0) is 11.7. The second-order valence-electron chi connectivity index (χ2n) is 3.97. The van der Waals surface area contributed by atoms with Crippen LogP contribution in [0, 0.1) is 9.39 Å². The Balaban J connectivity index is 2.32. The number of nitrogens with two attached hydrogens (primary N) is 1. The monoisotopic (exact) mass is 336 g/mol. The molecule has 0 bridgehead atoms. The van der Waals surface area contributed by atoms with E-state index < -0.39 is 0 Å². The molecule has 0 saturated heterocycles. The van der Waals surface area contributed by atoms with E-state index in [2.05, 4.69) is 0 Å². The lowest BCUT2D eigenvalue weighted by molar-refractivity contribution is 0.301. The quantitative estimate of drug-likeness (QED) is 0.653. The lowest BCUT2D eigenvalue weighted by Gasteiger charge is -2.25. The summed E-state index contributed by atoms with van der Waals surface area (Å²) in [7, 11) is 0. The molecule has 0 amide bonds. The van der Waals surface area contributed by atoms with Crippen molar-refractivity contribution in [2.45, 2.75) is 18.9 Å². The maximum Gasteiger partial charge on any atom is 0.138 e. The molecule has 3 nitrogen and oxygen atoms in total. The molecule has 1 saturated carbocycles. The number of benzene rings is 1. The summed E-state index contributed by atoms with van der Waals surface area (Å²) in [5.41, 5.74) is 7.17. The molecule has 0 atom stereocenters. The van der Waals surface area contributed by atoms with Crippen molar-refractivity contribution in [1.29, 1.82) is 0 Å². The third-order valence-corrected chi connectivity index (χ3v) is 3.53.